The van der Waals surface area contributed by atoms with Crippen molar-refractivity contribution in [3.05, 3.63) is 22.1 Å². The zero-order valence-corrected chi connectivity index (χ0v) is 12.7. The Balaban J connectivity index is 1.96. The first-order valence-corrected chi connectivity index (χ1v) is 7.67. The molecule has 19 heavy (non-hydrogen) atoms. The van der Waals surface area contributed by atoms with Gasteiger partial charge >= 0.3 is 0 Å². The van der Waals surface area contributed by atoms with Gasteiger partial charge in [-0.25, -0.2) is 9.97 Å². The van der Waals surface area contributed by atoms with Crippen LogP contribution < -0.4 is 10.6 Å². The van der Waals surface area contributed by atoms with E-state index < -0.39 is 0 Å². The van der Waals surface area contributed by atoms with Crippen molar-refractivity contribution in [1.29, 1.82) is 0 Å². The Morgan fingerprint density at radius 2 is 2.21 bits per heavy atom. The van der Waals surface area contributed by atoms with Gasteiger partial charge in [-0.15, -0.1) is 22.7 Å². The van der Waals surface area contributed by atoms with Crippen LogP contribution in [0.5, 0.6) is 0 Å². The lowest BCUT2D eigenvalue weighted by Crippen LogP contribution is -2.13. The lowest BCUT2D eigenvalue weighted by atomic mass is 10.2. The van der Waals surface area contributed by atoms with Crippen LogP contribution in [0.1, 0.15) is 29.2 Å². The molecule has 0 aliphatic carbocycles. The monoisotopic (exact) mass is 296 g/mol. The first-order valence-electron chi connectivity index (χ1n) is 5.98. The minimum atomic E-state index is -0.219. The first-order chi connectivity index (χ1) is 9.04. The highest BCUT2D eigenvalue weighted by molar-refractivity contribution is 7.15. The Hall–Kier alpha value is -1.47. The molecule has 0 radical (unpaired) electrons. The average molecular weight is 296 g/mol. The molecule has 1 amide bonds. The van der Waals surface area contributed by atoms with Gasteiger partial charge in [0.1, 0.15) is 5.69 Å². The van der Waals surface area contributed by atoms with E-state index in [1.165, 1.54) is 22.7 Å². The number of carbonyl (C=O) groups is 1. The Morgan fingerprint density at radius 3 is 2.84 bits per heavy atom. The van der Waals surface area contributed by atoms with Gasteiger partial charge in [-0.05, 0) is 12.8 Å². The van der Waals surface area contributed by atoms with Crippen LogP contribution in [-0.2, 0) is 0 Å². The average Bonchev–Trinajstić information content (AvgIpc) is 2.95. The molecule has 0 aromatic carbocycles. The molecule has 0 aliphatic heterocycles. The molecule has 0 saturated heterocycles. The molecular weight excluding hydrogens is 280 g/mol. The second-order valence-electron chi connectivity index (χ2n) is 4.54. The van der Waals surface area contributed by atoms with Crippen LogP contribution in [0, 0.1) is 12.8 Å². The van der Waals surface area contributed by atoms with Crippen molar-refractivity contribution in [2.75, 3.05) is 17.2 Å². The molecule has 2 aromatic heterocycles. The first kappa shape index (κ1) is 14.0. The summed E-state index contributed by atoms with van der Waals surface area (Å²) in [6.45, 7) is 7.04. The molecule has 102 valence electrons. The Bertz CT molecular complexity index is 562. The molecule has 2 aromatic rings. The lowest BCUT2D eigenvalue weighted by molar-refractivity contribution is 0.102. The summed E-state index contributed by atoms with van der Waals surface area (Å²) in [5.74, 6) is 0.322. The van der Waals surface area contributed by atoms with Crippen molar-refractivity contribution in [2.45, 2.75) is 20.8 Å². The molecule has 2 heterocycles. The Labute approximate surface area is 120 Å². The third-order valence-corrected chi connectivity index (χ3v) is 3.87. The van der Waals surface area contributed by atoms with E-state index in [1.54, 1.807) is 11.6 Å². The fourth-order valence-corrected chi connectivity index (χ4v) is 2.68. The third-order valence-electron chi connectivity index (χ3n) is 2.24. The Morgan fingerprint density at radius 1 is 1.42 bits per heavy atom. The molecule has 2 N–H and O–H groups in total. The van der Waals surface area contributed by atoms with Gasteiger partial charge in [0.15, 0.2) is 10.3 Å². The molecule has 7 heteroatoms. The number of hydrogen-bond acceptors (Lipinski definition) is 6. The van der Waals surface area contributed by atoms with Crippen molar-refractivity contribution in [2.24, 2.45) is 5.92 Å². The van der Waals surface area contributed by atoms with Crippen molar-refractivity contribution < 1.29 is 4.79 Å². The molecule has 0 atom stereocenters. The van der Waals surface area contributed by atoms with E-state index in [4.69, 9.17) is 0 Å². The summed E-state index contributed by atoms with van der Waals surface area (Å²) >= 11 is 2.88. The van der Waals surface area contributed by atoms with Crippen molar-refractivity contribution in [3.8, 4) is 0 Å². The number of rotatable bonds is 5. The molecule has 0 bridgehead atoms. The minimum absolute atomic E-state index is 0.219. The Kier molecular flexibility index (Phi) is 4.49. The summed E-state index contributed by atoms with van der Waals surface area (Å²) in [6, 6.07) is 0. The molecule has 0 fully saturated rings. The number of anilines is 2. The third kappa shape index (κ3) is 4.00. The standard InChI is InChI=1S/C12H16N4OS2/c1-7(2)4-13-11-15-9(6-18-11)10(17)16-12-14-5-8(3)19-12/h5-7H,4H2,1-3H3,(H,13,15)(H,14,16,17). The second-order valence-corrected chi connectivity index (χ2v) is 6.64. The van der Waals surface area contributed by atoms with E-state index in [9.17, 15) is 4.79 Å². The number of aryl methyl sites for hydroxylation is 1. The van der Waals surface area contributed by atoms with Gasteiger partial charge in [0.25, 0.3) is 5.91 Å². The molecule has 0 aliphatic rings. The zero-order valence-electron chi connectivity index (χ0n) is 11.1. The van der Waals surface area contributed by atoms with Crippen LogP contribution in [0.15, 0.2) is 11.6 Å². The van der Waals surface area contributed by atoms with E-state index in [-0.39, 0.29) is 5.91 Å². The molecule has 0 spiro atoms. The van der Waals surface area contributed by atoms with Crippen LogP contribution in [0.25, 0.3) is 0 Å². The number of thiazole rings is 2. The summed E-state index contributed by atoms with van der Waals surface area (Å²) in [5, 5.41) is 9.07. The SMILES string of the molecule is Cc1cnc(NC(=O)c2csc(NCC(C)C)n2)s1. The highest BCUT2D eigenvalue weighted by Crippen LogP contribution is 2.20. The summed E-state index contributed by atoms with van der Waals surface area (Å²) in [4.78, 5) is 21.4. The second kappa shape index (κ2) is 6.12. The van der Waals surface area contributed by atoms with E-state index >= 15 is 0 Å². The van der Waals surface area contributed by atoms with Gasteiger partial charge in [0, 0.05) is 23.0 Å². The van der Waals surface area contributed by atoms with Crippen LogP contribution in [0.4, 0.5) is 10.3 Å². The molecular formula is C12H16N4OS2. The van der Waals surface area contributed by atoms with Crippen LogP contribution in [-0.4, -0.2) is 22.4 Å². The maximum absolute atomic E-state index is 11.9. The van der Waals surface area contributed by atoms with Crippen LogP contribution in [0.3, 0.4) is 0 Å². The topological polar surface area (TPSA) is 66.9 Å². The van der Waals surface area contributed by atoms with Crippen LogP contribution in [0.2, 0.25) is 0 Å². The molecule has 2 rings (SSSR count). The fourth-order valence-electron chi connectivity index (χ4n) is 1.32. The van der Waals surface area contributed by atoms with E-state index in [0.29, 0.717) is 16.7 Å². The highest BCUT2D eigenvalue weighted by atomic mass is 32.1. The zero-order chi connectivity index (χ0) is 13.8. The number of aromatic nitrogens is 2. The van der Waals surface area contributed by atoms with E-state index in [0.717, 1.165) is 16.6 Å². The number of amides is 1. The predicted octanol–water partition coefficient (Wildman–Crippen LogP) is 3.23. The van der Waals surface area contributed by atoms with E-state index in [1.807, 2.05) is 6.92 Å². The summed E-state index contributed by atoms with van der Waals surface area (Å²) < 4.78 is 0. The highest BCUT2D eigenvalue weighted by Gasteiger charge is 2.12. The van der Waals surface area contributed by atoms with Gasteiger partial charge in [-0.3, -0.25) is 10.1 Å². The fraction of sp³-hybridized carbons (Fsp3) is 0.417. The van der Waals surface area contributed by atoms with Gasteiger partial charge < -0.3 is 5.32 Å². The van der Waals surface area contributed by atoms with Crippen molar-refractivity contribution in [3.63, 3.8) is 0 Å². The van der Waals surface area contributed by atoms with Crippen molar-refractivity contribution >= 4 is 38.8 Å². The molecule has 0 saturated carbocycles. The number of carbonyl (C=O) groups excluding carboxylic acids is 1. The van der Waals surface area contributed by atoms with Gasteiger partial charge in [0.2, 0.25) is 0 Å². The van der Waals surface area contributed by atoms with Gasteiger partial charge in [-0.1, -0.05) is 13.8 Å². The molecule has 0 unspecified atom stereocenters. The summed E-state index contributed by atoms with van der Waals surface area (Å²) in [5.41, 5.74) is 0.420. The largest absolute Gasteiger partial charge is 0.361 e. The smallest absolute Gasteiger partial charge is 0.276 e. The van der Waals surface area contributed by atoms with E-state index in [2.05, 4.69) is 34.4 Å². The normalized spacial score (nSPS) is 10.7. The summed E-state index contributed by atoms with van der Waals surface area (Å²) in [6.07, 6.45) is 1.73. The maximum atomic E-state index is 11.9. The van der Waals surface area contributed by atoms with Crippen LogP contribution >= 0.6 is 22.7 Å². The number of nitrogens with one attached hydrogen (secondary N) is 2. The predicted molar refractivity (Wildman–Crippen MR) is 80.2 cm³/mol. The quantitative estimate of drug-likeness (QED) is 0.889. The summed E-state index contributed by atoms with van der Waals surface area (Å²) in [7, 11) is 0. The van der Waals surface area contributed by atoms with Gasteiger partial charge in [0.05, 0.1) is 0 Å². The lowest BCUT2D eigenvalue weighted by Gasteiger charge is -2.04. The maximum Gasteiger partial charge on any atom is 0.276 e. The number of nitrogens with zero attached hydrogens (tertiary/aromatic N) is 2. The number of hydrogen-bond donors (Lipinski definition) is 2. The molecule has 5 nitrogen and oxygen atoms in total. The van der Waals surface area contributed by atoms with Gasteiger partial charge in [-0.2, -0.15) is 0 Å². The minimum Gasteiger partial charge on any atom is -0.361 e. The van der Waals surface area contributed by atoms with Crippen molar-refractivity contribution in [1.82, 2.24) is 9.97 Å².